The molecule has 8 nitrogen and oxygen atoms in total. The van der Waals surface area contributed by atoms with Crippen molar-refractivity contribution >= 4 is 35.8 Å². The maximum absolute atomic E-state index is 12.0. The fraction of sp³-hybridized carbons (Fsp3) is 0.545. The standard InChI is InChI=1S/C15H24N4O2.C5H8O2.C2H6/c1-9-6-7-12(18-14(20)10(2)16-4)13(8-9)19-15(21)11(3)17-5;1-5(2,3-6)4-7;1-2/h6-8,10-11,16-17H,1-5H3,(H,18,20)(H,19,21);3-4H,1-2H3;1-2H3. The van der Waals surface area contributed by atoms with Crippen LogP contribution in [-0.2, 0) is 19.2 Å². The number of benzene rings is 1. The second kappa shape index (κ2) is 15.3. The summed E-state index contributed by atoms with van der Waals surface area (Å²) in [7, 11) is 3.44. The first-order valence-corrected chi connectivity index (χ1v) is 10.0. The lowest BCUT2D eigenvalue weighted by Crippen LogP contribution is -2.37. The zero-order valence-corrected chi connectivity index (χ0v) is 19.7. The summed E-state index contributed by atoms with van der Waals surface area (Å²) in [5, 5.41) is 11.4. The largest absolute Gasteiger partial charge is 0.323 e. The van der Waals surface area contributed by atoms with E-state index in [2.05, 4.69) is 21.3 Å². The van der Waals surface area contributed by atoms with Crippen LogP contribution in [0.5, 0.6) is 0 Å². The number of hydrogen-bond acceptors (Lipinski definition) is 6. The fourth-order valence-electron chi connectivity index (χ4n) is 1.64. The van der Waals surface area contributed by atoms with Crippen molar-refractivity contribution < 1.29 is 19.2 Å². The van der Waals surface area contributed by atoms with Gasteiger partial charge in [-0.25, -0.2) is 0 Å². The first-order chi connectivity index (χ1) is 14.0. The summed E-state index contributed by atoms with van der Waals surface area (Å²) in [6.45, 7) is 12.6. The Labute approximate surface area is 180 Å². The van der Waals surface area contributed by atoms with Crippen LogP contribution in [0.4, 0.5) is 11.4 Å². The summed E-state index contributed by atoms with van der Waals surface area (Å²) < 4.78 is 0. The van der Waals surface area contributed by atoms with Crippen LogP contribution in [0.15, 0.2) is 18.2 Å². The van der Waals surface area contributed by atoms with Gasteiger partial charge in [0.2, 0.25) is 11.8 Å². The Morgan fingerprint density at radius 3 is 1.60 bits per heavy atom. The molecule has 2 unspecified atom stereocenters. The lowest BCUT2D eigenvalue weighted by Gasteiger charge is -2.17. The molecule has 2 atom stereocenters. The van der Waals surface area contributed by atoms with Gasteiger partial charge in [0.25, 0.3) is 0 Å². The van der Waals surface area contributed by atoms with Crippen molar-refractivity contribution in [1.82, 2.24) is 10.6 Å². The summed E-state index contributed by atoms with van der Waals surface area (Å²) in [5.74, 6) is -0.307. The fourth-order valence-corrected chi connectivity index (χ4v) is 1.64. The lowest BCUT2D eigenvalue weighted by molar-refractivity contribution is -0.124. The van der Waals surface area contributed by atoms with E-state index in [4.69, 9.17) is 0 Å². The molecule has 0 aromatic heterocycles. The highest BCUT2D eigenvalue weighted by atomic mass is 16.2. The second-order valence-corrected chi connectivity index (χ2v) is 7.11. The van der Waals surface area contributed by atoms with Crippen molar-refractivity contribution in [2.45, 2.75) is 60.5 Å². The summed E-state index contributed by atoms with van der Waals surface area (Å²) in [5.41, 5.74) is 1.41. The predicted molar refractivity (Wildman–Crippen MR) is 123 cm³/mol. The van der Waals surface area contributed by atoms with Crippen LogP contribution in [0.1, 0.15) is 47.1 Å². The van der Waals surface area contributed by atoms with Gasteiger partial charge < -0.3 is 30.9 Å². The van der Waals surface area contributed by atoms with Crippen molar-refractivity contribution in [3.63, 3.8) is 0 Å². The van der Waals surface area contributed by atoms with Gasteiger partial charge in [-0.05, 0) is 66.4 Å². The van der Waals surface area contributed by atoms with Crippen LogP contribution >= 0.6 is 0 Å². The molecule has 0 aliphatic rings. The topological polar surface area (TPSA) is 116 Å². The molecule has 0 radical (unpaired) electrons. The Bertz CT molecular complexity index is 680. The highest BCUT2D eigenvalue weighted by Gasteiger charge is 2.16. The number of anilines is 2. The quantitative estimate of drug-likeness (QED) is 0.378. The van der Waals surface area contributed by atoms with Gasteiger partial charge in [-0.2, -0.15) is 0 Å². The second-order valence-electron chi connectivity index (χ2n) is 7.11. The van der Waals surface area contributed by atoms with Crippen LogP contribution in [0.25, 0.3) is 0 Å². The van der Waals surface area contributed by atoms with Gasteiger partial charge in [0.05, 0.1) is 28.9 Å². The number of carbonyl (C=O) groups is 4. The van der Waals surface area contributed by atoms with Crippen molar-refractivity contribution in [3.8, 4) is 0 Å². The van der Waals surface area contributed by atoms with Crippen LogP contribution in [-0.4, -0.2) is 50.6 Å². The highest BCUT2D eigenvalue weighted by Crippen LogP contribution is 2.23. The minimum absolute atomic E-state index is 0.153. The molecule has 0 spiro atoms. The Morgan fingerprint density at radius 1 is 0.867 bits per heavy atom. The number of aldehydes is 2. The smallest absolute Gasteiger partial charge is 0.241 e. The number of likely N-dealkylation sites (N-methyl/N-ethyl adjacent to an activating group) is 2. The molecule has 0 bridgehead atoms. The van der Waals surface area contributed by atoms with Crippen LogP contribution in [0.2, 0.25) is 0 Å². The van der Waals surface area contributed by atoms with Crippen LogP contribution in [0, 0.1) is 12.3 Å². The average molecular weight is 423 g/mol. The van der Waals surface area contributed by atoms with E-state index in [9.17, 15) is 19.2 Å². The van der Waals surface area contributed by atoms with E-state index in [1.54, 1.807) is 47.9 Å². The number of rotatable bonds is 8. The van der Waals surface area contributed by atoms with Crippen molar-refractivity contribution in [3.05, 3.63) is 23.8 Å². The maximum Gasteiger partial charge on any atom is 0.241 e. The molecule has 2 amide bonds. The number of aryl methyl sites for hydroxylation is 1. The Hall–Kier alpha value is -2.58. The summed E-state index contributed by atoms with van der Waals surface area (Å²) in [4.78, 5) is 43.6. The first kappa shape index (κ1) is 29.6. The van der Waals surface area contributed by atoms with E-state index in [1.807, 2.05) is 32.9 Å². The molecule has 8 heteroatoms. The Morgan fingerprint density at radius 2 is 1.27 bits per heavy atom. The van der Waals surface area contributed by atoms with Crippen LogP contribution in [0.3, 0.4) is 0 Å². The first-order valence-electron chi connectivity index (χ1n) is 10.0. The van der Waals surface area contributed by atoms with Gasteiger partial charge in [0.1, 0.15) is 12.6 Å². The zero-order chi connectivity index (χ0) is 23.9. The van der Waals surface area contributed by atoms with Gasteiger partial charge >= 0.3 is 0 Å². The lowest BCUT2D eigenvalue weighted by atomic mass is 9.99. The van der Waals surface area contributed by atoms with Crippen molar-refractivity contribution in [2.24, 2.45) is 5.41 Å². The molecule has 0 saturated carbocycles. The van der Waals surface area contributed by atoms with Gasteiger partial charge in [0, 0.05) is 0 Å². The molecule has 0 aliphatic heterocycles. The molecule has 0 heterocycles. The average Bonchev–Trinajstić information content (AvgIpc) is 2.75. The van der Waals surface area contributed by atoms with E-state index < -0.39 is 5.41 Å². The van der Waals surface area contributed by atoms with Crippen molar-refractivity contribution in [1.29, 1.82) is 0 Å². The molecule has 1 rings (SSSR count). The highest BCUT2D eigenvalue weighted by molar-refractivity contribution is 6.02. The molecule has 4 N–H and O–H groups in total. The third-order valence-electron chi connectivity index (χ3n) is 3.95. The zero-order valence-electron chi connectivity index (χ0n) is 19.7. The summed E-state index contributed by atoms with van der Waals surface area (Å²) in [6, 6.07) is 4.88. The number of hydrogen-bond donors (Lipinski definition) is 4. The Balaban J connectivity index is 0. The number of carbonyl (C=O) groups excluding carboxylic acids is 4. The molecule has 1 aromatic rings. The minimum Gasteiger partial charge on any atom is -0.323 e. The van der Waals surface area contributed by atoms with E-state index in [0.717, 1.165) is 5.56 Å². The number of nitrogens with one attached hydrogen (secondary N) is 4. The van der Waals surface area contributed by atoms with Crippen LogP contribution < -0.4 is 21.3 Å². The third kappa shape index (κ3) is 11.4. The van der Waals surface area contributed by atoms with Gasteiger partial charge in [0.15, 0.2) is 0 Å². The van der Waals surface area contributed by atoms with Gasteiger partial charge in [-0.1, -0.05) is 19.9 Å². The molecular formula is C22H38N4O4. The molecule has 1 aromatic carbocycles. The van der Waals surface area contributed by atoms with E-state index in [0.29, 0.717) is 23.9 Å². The molecule has 0 saturated heterocycles. The molecule has 170 valence electrons. The number of amides is 2. The van der Waals surface area contributed by atoms with Gasteiger partial charge in [-0.15, -0.1) is 0 Å². The molecular weight excluding hydrogens is 384 g/mol. The minimum atomic E-state index is -0.778. The monoisotopic (exact) mass is 422 g/mol. The molecule has 0 fully saturated rings. The predicted octanol–water partition coefficient (Wildman–Crippen LogP) is 2.52. The third-order valence-corrected chi connectivity index (χ3v) is 3.95. The Kier molecular flexibility index (Phi) is 15.1. The van der Waals surface area contributed by atoms with Gasteiger partial charge in [-0.3, -0.25) is 9.59 Å². The van der Waals surface area contributed by atoms with E-state index in [1.165, 1.54) is 0 Å². The SMILES string of the molecule is CC.CC(C)(C=O)C=O.CNC(C)C(=O)Nc1ccc(C)cc1NC(=O)C(C)NC. The maximum atomic E-state index is 12.0. The summed E-state index contributed by atoms with van der Waals surface area (Å²) >= 11 is 0. The summed E-state index contributed by atoms with van der Waals surface area (Å²) in [6.07, 6.45) is 1.25. The molecule has 30 heavy (non-hydrogen) atoms. The normalized spacial score (nSPS) is 12.0. The van der Waals surface area contributed by atoms with Crippen molar-refractivity contribution in [2.75, 3.05) is 24.7 Å². The van der Waals surface area contributed by atoms with E-state index in [-0.39, 0.29) is 23.9 Å². The van der Waals surface area contributed by atoms with E-state index >= 15 is 0 Å². The molecule has 0 aliphatic carbocycles.